The molecule has 0 radical (unpaired) electrons. The van der Waals surface area contributed by atoms with Gasteiger partial charge in [-0.25, -0.2) is 0 Å². The highest BCUT2D eigenvalue weighted by Gasteiger charge is 2.72. The number of aliphatic hydroxyl groups excluding tert-OH is 1. The van der Waals surface area contributed by atoms with E-state index in [0.29, 0.717) is 25.0 Å². The van der Waals surface area contributed by atoms with Crippen LogP contribution in [0.2, 0.25) is 0 Å². The minimum Gasteiger partial charge on any atom is -0.465 e. The monoisotopic (exact) mass is 344 g/mol. The van der Waals surface area contributed by atoms with Gasteiger partial charge < -0.3 is 9.84 Å². The second-order valence-corrected chi connectivity index (χ2v) is 8.52. The number of ether oxygens (including phenoxy) is 1. The van der Waals surface area contributed by atoms with Gasteiger partial charge in [-0.2, -0.15) is 0 Å². The first-order valence-electron chi connectivity index (χ1n) is 9.68. The van der Waals surface area contributed by atoms with Crippen molar-refractivity contribution in [3.8, 4) is 0 Å². The van der Waals surface area contributed by atoms with Crippen molar-refractivity contribution in [2.24, 2.45) is 28.6 Å². The third kappa shape index (κ3) is 1.87. The number of aliphatic hydroxyl groups is 1. The van der Waals surface area contributed by atoms with Crippen LogP contribution in [0, 0.1) is 28.6 Å². The Morgan fingerprint density at radius 2 is 2.04 bits per heavy atom. The van der Waals surface area contributed by atoms with Gasteiger partial charge in [0, 0.05) is 5.92 Å². The number of esters is 1. The maximum absolute atomic E-state index is 13.4. The first kappa shape index (κ1) is 17.0. The topological polar surface area (TPSA) is 63.6 Å². The first-order chi connectivity index (χ1) is 11.9. The van der Waals surface area contributed by atoms with Crippen LogP contribution >= 0.6 is 0 Å². The van der Waals surface area contributed by atoms with E-state index in [1.165, 1.54) is 0 Å². The number of cyclic esters (lactones) is 1. The predicted octanol–water partition coefficient (Wildman–Crippen LogP) is 3.20. The molecule has 6 atom stereocenters. The summed E-state index contributed by atoms with van der Waals surface area (Å²) >= 11 is 0. The van der Waals surface area contributed by atoms with Crippen molar-refractivity contribution in [1.82, 2.24) is 0 Å². The fraction of sp³-hybridized carbons (Fsp3) is 0.714. The predicted molar refractivity (Wildman–Crippen MR) is 93.6 cm³/mol. The fourth-order valence-electron chi connectivity index (χ4n) is 6.53. The SMILES string of the molecule is C=C1C(=O)[C@@]23CC[C@@H](CC2C2(CCCC)C(=O)OCCC12)C(=C)[C@@H]3O. The van der Waals surface area contributed by atoms with E-state index in [-0.39, 0.29) is 29.5 Å². The Kier molecular flexibility index (Phi) is 3.77. The second-order valence-electron chi connectivity index (χ2n) is 8.52. The Morgan fingerprint density at radius 1 is 1.28 bits per heavy atom. The summed E-state index contributed by atoms with van der Waals surface area (Å²) in [6.45, 7) is 10.7. The van der Waals surface area contributed by atoms with Gasteiger partial charge in [0.25, 0.3) is 0 Å². The highest BCUT2D eigenvalue weighted by molar-refractivity contribution is 6.04. The quantitative estimate of drug-likeness (QED) is 0.485. The standard InChI is InChI=1S/C21H28O4/c1-4-5-8-20-15(7-10-25-19(20)24)13(3)18(23)21-9-6-14(11-16(20)21)12(2)17(21)22/h14-17,22H,2-11H2,1H3/t14-,15?,16?,17-,20?,21-/m0/s1. The minimum absolute atomic E-state index is 0.0175. The number of Topliss-reactive ketones (excluding diaryl/α,β-unsaturated/α-hetero) is 1. The maximum Gasteiger partial charge on any atom is 0.313 e. The van der Waals surface area contributed by atoms with E-state index in [1.807, 2.05) is 0 Å². The van der Waals surface area contributed by atoms with Crippen molar-refractivity contribution in [2.75, 3.05) is 6.61 Å². The number of carbonyl (C=O) groups is 2. The second kappa shape index (κ2) is 5.54. The van der Waals surface area contributed by atoms with Crippen LogP contribution in [0.15, 0.2) is 24.3 Å². The van der Waals surface area contributed by atoms with Gasteiger partial charge in [0.2, 0.25) is 0 Å². The summed E-state index contributed by atoms with van der Waals surface area (Å²) in [7, 11) is 0. The van der Waals surface area contributed by atoms with Crippen molar-refractivity contribution in [3.63, 3.8) is 0 Å². The molecule has 5 rings (SSSR count). The summed E-state index contributed by atoms with van der Waals surface area (Å²) in [6, 6.07) is 0. The molecule has 4 heteroatoms. The van der Waals surface area contributed by atoms with Crippen LogP contribution < -0.4 is 0 Å². The smallest absolute Gasteiger partial charge is 0.313 e. The number of hydrogen-bond donors (Lipinski definition) is 1. The Bertz CT molecular complexity index is 665. The summed E-state index contributed by atoms with van der Waals surface area (Å²) < 4.78 is 5.55. The minimum atomic E-state index is -0.913. The summed E-state index contributed by atoms with van der Waals surface area (Å²) in [5.74, 6) is -0.267. The molecule has 0 aromatic heterocycles. The number of fused-ring (bicyclic) bond motifs is 3. The van der Waals surface area contributed by atoms with Crippen LogP contribution in [0.3, 0.4) is 0 Å². The van der Waals surface area contributed by atoms with E-state index < -0.39 is 16.9 Å². The Labute approximate surface area is 149 Å². The molecule has 5 aliphatic rings. The van der Waals surface area contributed by atoms with Crippen molar-refractivity contribution in [3.05, 3.63) is 24.3 Å². The van der Waals surface area contributed by atoms with Crippen molar-refractivity contribution in [2.45, 2.75) is 58.0 Å². The van der Waals surface area contributed by atoms with Gasteiger partial charge in [-0.3, -0.25) is 9.59 Å². The van der Waals surface area contributed by atoms with E-state index >= 15 is 0 Å². The molecule has 5 fully saturated rings. The summed E-state index contributed by atoms with van der Waals surface area (Å²) in [4.78, 5) is 26.6. The van der Waals surface area contributed by atoms with Crippen LogP contribution in [-0.2, 0) is 14.3 Å². The zero-order valence-electron chi connectivity index (χ0n) is 15.1. The molecule has 0 amide bonds. The molecule has 1 heterocycles. The van der Waals surface area contributed by atoms with Gasteiger partial charge in [0.05, 0.1) is 23.5 Å². The van der Waals surface area contributed by atoms with Crippen LogP contribution in [0.5, 0.6) is 0 Å². The summed E-state index contributed by atoms with van der Waals surface area (Å²) in [6.07, 6.45) is 4.71. The largest absolute Gasteiger partial charge is 0.465 e. The van der Waals surface area contributed by atoms with Crippen molar-refractivity contribution >= 4 is 11.8 Å². The van der Waals surface area contributed by atoms with Gasteiger partial charge in [-0.15, -0.1) is 0 Å². The molecule has 4 nitrogen and oxygen atoms in total. The fourth-order valence-corrected chi connectivity index (χ4v) is 6.53. The lowest BCUT2D eigenvalue weighted by Gasteiger charge is -2.65. The first-order valence-corrected chi connectivity index (χ1v) is 9.68. The lowest BCUT2D eigenvalue weighted by molar-refractivity contribution is -0.205. The molecule has 1 saturated heterocycles. The van der Waals surface area contributed by atoms with E-state index in [1.54, 1.807) is 0 Å². The number of hydrogen-bond acceptors (Lipinski definition) is 4. The molecule has 1 aliphatic heterocycles. The van der Waals surface area contributed by atoms with Gasteiger partial charge in [0.1, 0.15) is 0 Å². The van der Waals surface area contributed by atoms with Crippen LogP contribution in [-0.4, -0.2) is 29.6 Å². The molecular formula is C21H28O4. The van der Waals surface area contributed by atoms with E-state index in [2.05, 4.69) is 20.1 Å². The van der Waals surface area contributed by atoms with Crippen LogP contribution in [0.4, 0.5) is 0 Å². The molecule has 25 heavy (non-hydrogen) atoms. The molecule has 2 bridgehead atoms. The van der Waals surface area contributed by atoms with Crippen LogP contribution in [0.25, 0.3) is 0 Å². The van der Waals surface area contributed by atoms with Gasteiger partial charge in [-0.1, -0.05) is 32.9 Å². The molecule has 1 spiro atoms. The third-order valence-electron chi connectivity index (χ3n) is 7.75. The average molecular weight is 344 g/mol. The van der Waals surface area contributed by atoms with Crippen molar-refractivity contribution < 1.29 is 19.4 Å². The third-order valence-corrected chi connectivity index (χ3v) is 7.75. The van der Waals surface area contributed by atoms with Gasteiger partial charge in [0.15, 0.2) is 5.78 Å². The summed E-state index contributed by atoms with van der Waals surface area (Å²) in [5.41, 5.74) is -0.295. The molecule has 136 valence electrons. The number of allylic oxidation sites excluding steroid dienone is 1. The normalized spacial score (nSPS) is 45.8. The highest BCUT2D eigenvalue weighted by Crippen LogP contribution is 2.69. The van der Waals surface area contributed by atoms with Crippen molar-refractivity contribution in [1.29, 1.82) is 0 Å². The Hall–Kier alpha value is -1.42. The Balaban J connectivity index is 1.91. The number of carbonyl (C=O) groups excluding carboxylic acids is 2. The molecule has 3 unspecified atom stereocenters. The molecular weight excluding hydrogens is 316 g/mol. The maximum atomic E-state index is 13.4. The van der Waals surface area contributed by atoms with Gasteiger partial charge in [-0.05, 0) is 55.1 Å². The summed E-state index contributed by atoms with van der Waals surface area (Å²) in [5, 5.41) is 11.0. The molecule has 4 saturated carbocycles. The van der Waals surface area contributed by atoms with E-state index in [4.69, 9.17) is 4.74 Å². The molecule has 1 N–H and O–H groups in total. The zero-order valence-corrected chi connectivity index (χ0v) is 15.1. The molecule has 4 aliphatic carbocycles. The van der Waals surface area contributed by atoms with Crippen LogP contribution in [0.1, 0.15) is 51.9 Å². The highest BCUT2D eigenvalue weighted by atomic mass is 16.5. The molecule has 0 aromatic rings. The lowest BCUT2D eigenvalue weighted by atomic mass is 9.37. The Morgan fingerprint density at radius 3 is 2.76 bits per heavy atom. The number of unbranched alkanes of at least 4 members (excludes halogenated alkanes) is 1. The number of ketones is 1. The van der Waals surface area contributed by atoms with Gasteiger partial charge >= 0.3 is 5.97 Å². The van der Waals surface area contributed by atoms with E-state index in [0.717, 1.165) is 37.7 Å². The average Bonchev–Trinajstić information content (AvgIpc) is 2.62. The number of rotatable bonds is 3. The molecule has 0 aromatic carbocycles. The lowest BCUT2D eigenvalue weighted by Crippen LogP contribution is -2.69. The zero-order chi connectivity index (χ0) is 18.0. The van der Waals surface area contributed by atoms with E-state index in [9.17, 15) is 14.7 Å².